The van der Waals surface area contributed by atoms with E-state index in [9.17, 15) is 13.2 Å². The van der Waals surface area contributed by atoms with Crippen molar-refractivity contribution in [2.45, 2.75) is 6.18 Å². The second kappa shape index (κ2) is 6.53. The van der Waals surface area contributed by atoms with Crippen LogP contribution in [0.25, 0.3) is 0 Å². The number of para-hydroxylation sites is 1. The zero-order valence-corrected chi connectivity index (χ0v) is 11.4. The Kier molecular flexibility index (Phi) is 5.31. The molecule has 0 aromatic heterocycles. The smallest absolute Gasteiger partial charge is 0.364 e. The van der Waals surface area contributed by atoms with Gasteiger partial charge in [-0.25, -0.2) is 0 Å². The Morgan fingerprint density at radius 3 is 2.21 bits per heavy atom. The molecule has 4 N–H and O–H groups in total. The molecule has 0 aliphatic carbocycles. The third-order valence-electron chi connectivity index (χ3n) is 2.00. The standard InChI is InChI=1S/C10H11F3N4S2/c1-14-8(18)16-17-9(19)15-7-5-3-2-4-6(7)10(11,12)13/h2-5H,1H3,(H2,14,16,18)(H2,15,17,19). The van der Waals surface area contributed by atoms with Gasteiger partial charge in [-0.2, -0.15) is 13.2 Å². The van der Waals surface area contributed by atoms with E-state index >= 15 is 0 Å². The lowest BCUT2D eigenvalue weighted by Gasteiger charge is -2.16. The number of hydrogen-bond acceptors (Lipinski definition) is 2. The van der Waals surface area contributed by atoms with Gasteiger partial charge in [0.05, 0.1) is 11.3 Å². The first-order valence-corrected chi connectivity index (χ1v) is 5.87. The predicted molar refractivity (Wildman–Crippen MR) is 75.6 cm³/mol. The summed E-state index contributed by atoms with van der Waals surface area (Å²) in [4.78, 5) is 0. The van der Waals surface area contributed by atoms with Gasteiger partial charge in [-0.05, 0) is 36.6 Å². The lowest BCUT2D eigenvalue weighted by atomic mass is 10.2. The van der Waals surface area contributed by atoms with Crippen molar-refractivity contribution >= 4 is 40.3 Å². The lowest BCUT2D eigenvalue weighted by molar-refractivity contribution is -0.136. The molecule has 1 aromatic carbocycles. The minimum Gasteiger partial charge on any atom is -0.364 e. The van der Waals surface area contributed by atoms with Crippen LogP contribution in [0.1, 0.15) is 5.56 Å². The molecule has 0 bridgehead atoms. The summed E-state index contributed by atoms with van der Waals surface area (Å²) >= 11 is 9.62. The molecule has 0 radical (unpaired) electrons. The van der Waals surface area contributed by atoms with Crippen LogP contribution in [0.5, 0.6) is 0 Å². The highest BCUT2D eigenvalue weighted by Crippen LogP contribution is 2.34. The normalized spacial score (nSPS) is 10.5. The van der Waals surface area contributed by atoms with Gasteiger partial charge >= 0.3 is 6.18 Å². The maximum atomic E-state index is 12.7. The van der Waals surface area contributed by atoms with Crippen molar-refractivity contribution in [2.75, 3.05) is 12.4 Å². The first-order valence-electron chi connectivity index (χ1n) is 5.05. The van der Waals surface area contributed by atoms with E-state index in [0.717, 1.165) is 6.07 Å². The molecule has 0 saturated carbocycles. The van der Waals surface area contributed by atoms with Crippen LogP contribution >= 0.6 is 24.4 Å². The second-order valence-corrected chi connectivity index (χ2v) is 4.14. The fourth-order valence-corrected chi connectivity index (χ4v) is 1.38. The van der Waals surface area contributed by atoms with Crippen LogP contribution in [0.4, 0.5) is 18.9 Å². The van der Waals surface area contributed by atoms with E-state index in [4.69, 9.17) is 24.4 Å². The molecule has 104 valence electrons. The number of anilines is 1. The largest absolute Gasteiger partial charge is 0.418 e. The van der Waals surface area contributed by atoms with Crippen molar-refractivity contribution in [3.63, 3.8) is 0 Å². The quantitative estimate of drug-likeness (QED) is 0.470. The average molecular weight is 308 g/mol. The molecule has 1 aromatic rings. The summed E-state index contributed by atoms with van der Waals surface area (Å²) in [5, 5.41) is 5.28. The highest BCUT2D eigenvalue weighted by atomic mass is 32.1. The van der Waals surface area contributed by atoms with E-state index in [1.807, 2.05) is 0 Å². The van der Waals surface area contributed by atoms with Crippen LogP contribution in [-0.4, -0.2) is 17.3 Å². The molecule has 0 aliphatic rings. The zero-order valence-electron chi connectivity index (χ0n) is 9.76. The van der Waals surface area contributed by atoms with E-state index in [1.54, 1.807) is 7.05 Å². The molecular formula is C10H11F3N4S2. The number of hydrazine groups is 1. The maximum absolute atomic E-state index is 12.7. The Morgan fingerprint density at radius 2 is 1.63 bits per heavy atom. The Bertz CT molecular complexity index is 476. The molecule has 0 spiro atoms. The fourth-order valence-electron chi connectivity index (χ4n) is 1.17. The molecule has 4 nitrogen and oxygen atoms in total. The molecule has 19 heavy (non-hydrogen) atoms. The Labute approximate surface area is 118 Å². The van der Waals surface area contributed by atoms with E-state index < -0.39 is 11.7 Å². The van der Waals surface area contributed by atoms with E-state index in [2.05, 4.69) is 21.5 Å². The monoisotopic (exact) mass is 308 g/mol. The number of alkyl halides is 3. The number of benzene rings is 1. The van der Waals surface area contributed by atoms with Gasteiger partial charge in [0.25, 0.3) is 0 Å². The molecule has 0 atom stereocenters. The van der Waals surface area contributed by atoms with Crippen LogP contribution in [-0.2, 0) is 6.18 Å². The van der Waals surface area contributed by atoms with Crippen LogP contribution < -0.4 is 21.5 Å². The molecule has 9 heteroatoms. The molecule has 0 heterocycles. The van der Waals surface area contributed by atoms with Gasteiger partial charge in [0.1, 0.15) is 0 Å². The van der Waals surface area contributed by atoms with Crippen LogP contribution in [0.2, 0.25) is 0 Å². The minimum atomic E-state index is -4.45. The van der Waals surface area contributed by atoms with Crippen molar-refractivity contribution in [3.8, 4) is 0 Å². The van der Waals surface area contributed by atoms with E-state index in [-0.39, 0.29) is 15.9 Å². The van der Waals surface area contributed by atoms with Gasteiger partial charge in [-0.15, -0.1) is 0 Å². The Hall–Kier alpha value is -1.61. The third kappa shape index (κ3) is 4.87. The zero-order chi connectivity index (χ0) is 14.5. The van der Waals surface area contributed by atoms with Crippen LogP contribution in [0.3, 0.4) is 0 Å². The molecule has 0 unspecified atom stereocenters. The highest BCUT2D eigenvalue weighted by molar-refractivity contribution is 7.80. The summed E-state index contributed by atoms with van der Waals surface area (Å²) in [7, 11) is 1.59. The van der Waals surface area contributed by atoms with Crippen molar-refractivity contribution in [1.82, 2.24) is 16.2 Å². The summed E-state index contributed by atoms with van der Waals surface area (Å²) in [5.74, 6) is 0. The van der Waals surface area contributed by atoms with Crippen molar-refractivity contribution in [3.05, 3.63) is 29.8 Å². The molecule has 0 aliphatic heterocycles. The summed E-state index contributed by atoms with van der Waals surface area (Å²) in [6.45, 7) is 0. The lowest BCUT2D eigenvalue weighted by Crippen LogP contribution is -2.47. The summed E-state index contributed by atoms with van der Waals surface area (Å²) in [6.07, 6.45) is -4.45. The fraction of sp³-hybridized carbons (Fsp3) is 0.200. The molecular weight excluding hydrogens is 297 g/mol. The van der Waals surface area contributed by atoms with Crippen molar-refractivity contribution in [2.24, 2.45) is 0 Å². The van der Waals surface area contributed by atoms with E-state index in [0.29, 0.717) is 0 Å². The average Bonchev–Trinajstić information content (AvgIpc) is 2.35. The number of hydrogen-bond donors (Lipinski definition) is 4. The van der Waals surface area contributed by atoms with Gasteiger partial charge in [0.15, 0.2) is 10.2 Å². The van der Waals surface area contributed by atoms with Crippen LogP contribution in [0.15, 0.2) is 24.3 Å². The van der Waals surface area contributed by atoms with Crippen LogP contribution in [0, 0.1) is 0 Å². The second-order valence-electron chi connectivity index (χ2n) is 3.33. The molecule has 0 saturated heterocycles. The molecule has 0 amide bonds. The summed E-state index contributed by atoms with van der Waals surface area (Å²) in [6, 6.07) is 5.04. The van der Waals surface area contributed by atoms with Gasteiger partial charge in [-0.1, -0.05) is 12.1 Å². The molecule has 1 rings (SSSR count). The van der Waals surface area contributed by atoms with E-state index in [1.165, 1.54) is 18.2 Å². The third-order valence-corrected chi connectivity index (χ3v) is 2.51. The number of thiocarbonyl (C=S) groups is 2. The highest BCUT2D eigenvalue weighted by Gasteiger charge is 2.33. The topological polar surface area (TPSA) is 48.1 Å². The van der Waals surface area contributed by atoms with Gasteiger partial charge in [0, 0.05) is 7.05 Å². The maximum Gasteiger partial charge on any atom is 0.418 e. The summed E-state index contributed by atoms with van der Waals surface area (Å²) < 4.78 is 38.2. The van der Waals surface area contributed by atoms with Crippen molar-refractivity contribution < 1.29 is 13.2 Å². The van der Waals surface area contributed by atoms with Gasteiger partial charge in [0.2, 0.25) is 0 Å². The minimum absolute atomic E-state index is 0.0331. The molecule has 0 fully saturated rings. The van der Waals surface area contributed by atoms with Gasteiger partial charge in [-0.3, -0.25) is 10.9 Å². The number of nitrogens with one attached hydrogen (secondary N) is 4. The van der Waals surface area contributed by atoms with Gasteiger partial charge < -0.3 is 10.6 Å². The number of rotatable bonds is 1. The van der Waals surface area contributed by atoms with Crippen molar-refractivity contribution in [1.29, 1.82) is 0 Å². The predicted octanol–water partition coefficient (Wildman–Crippen LogP) is 2.00. The SMILES string of the molecule is CNC(=S)NNC(=S)Nc1ccccc1C(F)(F)F. The Morgan fingerprint density at radius 1 is 1.05 bits per heavy atom. The summed E-state index contributed by atoms with van der Waals surface area (Å²) in [5.41, 5.74) is 4.03. The Balaban J connectivity index is 2.72. The first kappa shape index (κ1) is 15.4. The number of halogens is 3. The first-order chi connectivity index (χ1) is 8.84.